The van der Waals surface area contributed by atoms with E-state index in [2.05, 4.69) is 50.8 Å². The Hall–Kier alpha value is -2.32. The summed E-state index contributed by atoms with van der Waals surface area (Å²) >= 11 is 0. The molecule has 2 aliphatic rings. The van der Waals surface area contributed by atoms with Crippen LogP contribution in [0.3, 0.4) is 0 Å². The lowest BCUT2D eigenvalue weighted by Crippen LogP contribution is -2.31. The molecule has 0 aromatic carbocycles. The molecule has 5 nitrogen and oxygen atoms in total. The van der Waals surface area contributed by atoms with Crippen molar-refractivity contribution in [1.82, 2.24) is 0 Å². The molecular formula is C33H50O5. The van der Waals surface area contributed by atoms with E-state index in [1.54, 1.807) is 0 Å². The number of esters is 2. The van der Waals surface area contributed by atoms with E-state index in [1.807, 2.05) is 13.8 Å². The minimum absolute atomic E-state index is 0.212. The van der Waals surface area contributed by atoms with Gasteiger partial charge in [0.15, 0.2) is 0 Å². The summed E-state index contributed by atoms with van der Waals surface area (Å²) in [5.74, 6) is 6.19. The molecule has 0 bridgehead atoms. The van der Waals surface area contributed by atoms with Crippen molar-refractivity contribution >= 4 is 11.9 Å². The van der Waals surface area contributed by atoms with Gasteiger partial charge in [0.2, 0.25) is 0 Å². The molecule has 212 valence electrons. The van der Waals surface area contributed by atoms with Crippen LogP contribution in [-0.2, 0) is 19.1 Å². The average Bonchev–Trinajstić information content (AvgIpc) is 3.23. The van der Waals surface area contributed by atoms with Crippen LogP contribution >= 0.6 is 0 Å². The van der Waals surface area contributed by atoms with Gasteiger partial charge in [-0.2, -0.15) is 0 Å². The van der Waals surface area contributed by atoms with Crippen molar-refractivity contribution in [3.05, 3.63) is 34.9 Å². The minimum Gasteiger partial charge on any atom is -0.462 e. The molecule has 2 unspecified atom stereocenters. The summed E-state index contributed by atoms with van der Waals surface area (Å²) in [6, 6.07) is 0. The third-order valence-corrected chi connectivity index (χ3v) is 8.26. The van der Waals surface area contributed by atoms with Gasteiger partial charge in [-0.15, -0.1) is 0 Å². The second-order valence-electron chi connectivity index (χ2n) is 11.7. The standard InChI is InChI=1S/C33H50O5/c1-8-33(36,9-2)20-11-14-25(4)31-15-12-19-32(31,7)18-10-13-24(3)16-17-28-21-29(37-26(5)34)23-30(22-28)38-27(6)35/h15-17,25,29-30,36H,8-10,12-14,18-19,21-23H2,1-7H3/b24-16-,28-17?/t25?,29-,30?,32+/m1/s1. The summed E-state index contributed by atoms with van der Waals surface area (Å²) in [4.78, 5) is 22.9. The van der Waals surface area contributed by atoms with Gasteiger partial charge in [0.25, 0.3) is 0 Å². The predicted molar refractivity (Wildman–Crippen MR) is 153 cm³/mol. The maximum atomic E-state index is 11.5. The van der Waals surface area contributed by atoms with Gasteiger partial charge in [0.1, 0.15) is 17.8 Å². The molecule has 2 rings (SSSR count). The van der Waals surface area contributed by atoms with Crippen LogP contribution in [0.2, 0.25) is 0 Å². The van der Waals surface area contributed by atoms with E-state index >= 15 is 0 Å². The van der Waals surface area contributed by atoms with E-state index in [4.69, 9.17) is 9.47 Å². The maximum Gasteiger partial charge on any atom is 0.302 e. The number of carbonyl (C=O) groups excluding carboxylic acids is 2. The highest BCUT2D eigenvalue weighted by Crippen LogP contribution is 2.47. The van der Waals surface area contributed by atoms with Gasteiger partial charge >= 0.3 is 11.9 Å². The molecule has 0 amide bonds. The van der Waals surface area contributed by atoms with Crippen LogP contribution in [0.1, 0.15) is 119 Å². The molecule has 38 heavy (non-hydrogen) atoms. The van der Waals surface area contributed by atoms with Gasteiger partial charge in [-0.3, -0.25) is 9.59 Å². The second-order valence-corrected chi connectivity index (χ2v) is 11.7. The highest BCUT2D eigenvalue weighted by molar-refractivity contribution is 5.67. The van der Waals surface area contributed by atoms with Gasteiger partial charge in [-0.05, 0) is 63.2 Å². The zero-order valence-corrected chi connectivity index (χ0v) is 24.8. The quantitative estimate of drug-likeness (QED) is 0.173. The van der Waals surface area contributed by atoms with Gasteiger partial charge in [0, 0.05) is 39.5 Å². The predicted octanol–water partition coefficient (Wildman–Crippen LogP) is 7.38. The van der Waals surface area contributed by atoms with Crippen molar-refractivity contribution in [2.75, 3.05) is 0 Å². The van der Waals surface area contributed by atoms with Crippen LogP contribution in [0, 0.1) is 23.2 Å². The molecule has 0 spiro atoms. The average molecular weight is 527 g/mol. The van der Waals surface area contributed by atoms with Gasteiger partial charge in [-0.1, -0.05) is 74.5 Å². The summed E-state index contributed by atoms with van der Waals surface area (Å²) in [7, 11) is 0. The number of aliphatic hydroxyl groups is 1. The smallest absolute Gasteiger partial charge is 0.302 e. The van der Waals surface area contributed by atoms with Gasteiger partial charge in [0.05, 0.1) is 0 Å². The molecule has 0 aromatic heterocycles. The second kappa shape index (κ2) is 14.7. The Balaban J connectivity index is 1.94. The van der Waals surface area contributed by atoms with Crippen molar-refractivity contribution in [2.45, 2.75) is 137 Å². The molecule has 0 heterocycles. The van der Waals surface area contributed by atoms with Gasteiger partial charge in [-0.25, -0.2) is 0 Å². The summed E-state index contributed by atoms with van der Waals surface area (Å²) in [6.07, 6.45) is 15.9. The Morgan fingerprint density at radius 3 is 2.32 bits per heavy atom. The summed E-state index contributed by atoms with van der Waals surface area (Å²) < 4.78 is 10.9. The van der Waals surface area contributed by atoms with Crippen molar-refractivity contribution in [3.63, 3.8) is 0 Å². The Labute approximate surface area is 231 Å². The Morgan fingerprint density at radius 2 is 1.76 bits per heavy atom. The summed E-state index contributed by atoms with van der Waals surface area (Å²) in [6.45, 7) is 13.6. The van der Waals surface area contributed by atoms with Crippen LogP contribution < -0.4 is 0 Å². The molecule has 2 aliphatic carbocycles. The van der Waals surface area contributed by atoms with Crippen LogP contribution in [0.15, 0.2) is 34.9 Å². The van der Waals surface area contributed by atoms with Crippen molar-refractivity contribution < 1.29 is 24.2 Å². The first-order chi connectivity index (χ1) is 17.9. The van der Waals surface area contributed by atoms with Crippen LogP contribution in [0.5, 0.6) is 0 Å². The first-order valence-corrected chi connectivity index (χ1v) is 14.5. The molecular weight excluding hydrogens is 476 g/mol. The van der Waals surface area contributed by atoms with Crippen LogP contribution in [0.4, 0.5) is 0 Å². The molecule has 0 aromatic rings. The molecule has 4 atom stereocenters. The van der Waals surface area contributed by atoms with Gasteiger partial charge < -0.3 is 14.6 Å². The molecule has 1 fully saturated rings. The zero-order valence-electron chi connectivity index (χ0n) is 24.8. The van der Waals surface area contributed by atoms with E-state index < -0.39 is 5.60 Å². The van der Waals surface area contributed by atoms with Crippen molar-refractivity contribution in [3.8, 4) is 11.8 Å². The van der Waals surface area contributed by atoms with Crippen molar-refractivity contribution in [2.24, 2.45) is 11.3 Å². The van der Waals surface area contributed by atoms with E-state index in [1.165, 1.54) is 31.4 Å². The molecule has 0 aliphatic heterocycles. The zero-order chi connectivity index (χ0) is 28.3. The SMILES string of the molecule is CCC(O)(C#CCC(C)C1=CCC[C@]1(C)CCC/C(C)=C\C=C1CC(OC(C)=O)C[C@H](OC(C)=O)C1)CC. The lowest BCUT2D eigenvalue weighted by Gasteiger charge is -2.31. The van der Waals surface area contributed by atoms with E-state index in [-0.39, 0.29) is 29.6 Å². The topological polar surface area (TPSA) is 72.8 Å². The van der Waals surface area contributed by atoms with Crippen molar-refractivity contribution in [1.29, 1.82) is 0 Å². The molecule has 1 saturated carbocycles. The molecule has 0 saturated heterocycles. The fraction of sp³-hybridized carbons (Fsp3) is 0.697. The van der Waals surface area contributed by atoms with E-state index in [0.717, 1.165) is 37.7 Å². The Kier molecular flexibility index (Phi) is 12.4. The normalized spacial score (nSPS) is 25.8. The maximum absolute atomic E-state index is 11.5. The van der Waals surface area contributed by atoms with Crippen LogP contribution in [-0.4, -0.2) is 34.9 Å². The monoisotopic (exact) mass is 526 g/mol. The fourth-order valence-electron chi connectivity index (χ4n) is 5.92. The molecule has 5 heteroatoms. The van der Waals surface area contributed by atoms with Crippen LogP contribution in [0.25, 0.3) is 0 Å². The number of hydrogen-bond acceptors (Lipinski definition) is 5. The third-order valence-electron chi connectivity index (χ3n) is 8.26. The summed E-state index contributed by atoms with van der Waals surface area (Å²) in [5, 5.41) is 10.5. The molecule has 1 N–H and O–H groups in total. The first kappa shape index (κ1) is 31.9. The van der Waals surface area contributed by atoms with E-state index in [9.17, 15) is 14.7 Å². The summed E-state index contributed by atoms with van der Waals surface area (Å²) in [5.41, 5.74) is 3.35. The first-order valence-electron chi connectivity index (χ1n) is 14.5. The highest BCUT2D eigenvalue weighted by atomic mass is 16.6. The number of rotatable bonds is 11. The van der Waals surface area contributed by atoms with E-state index in [0.29, 0.717) is 38.0 Å². The Morgan fingerprint density at radius 1 is 1.16 bits per heavy atom. The largest absolute Gasteiger partial charge is 0.462 e. The number of ether oxygens (including phenoxy) is 2. The number of carbonyl (C=O) groups is 2. The number of allylic oxidation sites excluding steroid dienone is 5. The Bertz CT molecular complexity index is 945. The minimum atomic E-state index is -0.855. The highest BCUT2D eigenvalue weighted by Gasteiger charge is 2.34. The third kappa shape index (κ3) is 10.1. The number of hydrogen-bond donors (Lipinski definition) is 1. The lowest BCUT2D eigenvalue weighted by molar-refractivity contribution is -0.154. The fourth-order valence-corrected chi connectivity index (χ4v) is 5.92. The lowest BCUT2D eigenvalue weighted by atomic mass is 9.73. The molecule has 0 radical (unpaired) electrons.